The van der Waals surface area contributed by atoms with Gasteiger partial charge in [-0.1, -0.05) is 19.9 Å². The second-order valence-corrected chi connectivity index (χ2v) is 5.30. The quantitative estimate of drug-likeness (QED) is 0.836. The molecule has 0 aliphatic rings. The molecule has 1 aromatic carbocycles. The van der Waals surface area contributed by atoms with Crippen molar-refractivity contribution in [1.82, 2.24) is 9.55 Å². The van der Waals surface area contributed by atoms with Crippen LogP contribution < -0.4 is 5.73 Å². The third-order valence-electron chi connectivity index (χ3n) is 3.07. The molecule has 1 amide bonds. The fourth-order valence-electron chi connectivity index (χ4n) is 2.26. The van der Waals surface area contributed by atoms with Crippen molar-refractivity contribution in [2.45, 2.75) is 26.8 Å². The van der Waals surface area contributed by atoms with E-state index in [4.69, 9.17) is 18.0 Å². The second kappa shape index (κ2) is 4.57. The Morgan fingerprint density at radius 2 is 2.11 bits per heavy atom. The predicted molar refractivity (Wildman–Crippen MR) is 74.9 cm³/mol. The molecule has 0 saturated heterocycles. The Morgan fingerprint density at radius 1 is 1.44 bits per heavy atom. The third-order valence-corrected chi connectivity index (χ3v) is 3.37. The van der Waals surface area contributed by atoms with Crippen LogP contribution in [0.25, 0.3) is 11.0 Å². The number of benzene rings is 1. The van der Waals surface area contributed by atoms with E-state index in [1.807, 2.05) is 43.5 Å². The first kappa shape index (κ1) is 12.8. The van der Waals surface area contributed by atoms with Crippen LogP contribution in [0, 0.1) is 17.6 Å². The van der Waals surface area contributed by atoms with Crippen LogP contribution in [-0.4, -0.2) is 15.5 Å². The molecule has 3 N–H and O–H groups in total. The number of carbonyl (C=O) groups is 1. The zero-order valence-electron chi connectivity index (χ0n) is 10.7. The number of hydrogen-bond donors (Lipinski definition) is 2. The molecular formula is C13H17N3OS. The van der Waals surface area contributed by atoms with Crippen LogP contribution >= 0.6 is 12.2 Å². The van der Waals surface area contributed by atoms with E-state index in [0.29, 0.717) is 4.77 Å². The Hall–Kier alpha value is -1.62. The Bertz CT molecular complexity index is 654. The smallest absolute Gasteiger partial charge is 0.240 e. The van der Waals surface area contributed by atoms with Gasteiger partial charge in [0.25, 0.3) is 0 Å². The lowest BCUT2D eigenvalue weighted by atomic mass is 10.0. The average molecular weight is 263 g/mol. The van der Waals surface area contributed by atoms with Crippen molar-refractivity contribution in [2.24, 2.45) is 11.7 Å². The second-order valence-electron chi connectivity index (χ2n) is 4.91. The van der Waals surface area contributed by atoms with Gasteiger partial charge < -0.3 is 15.3 Å². The van der Waals surface area contributed by atoms with Crippen LogP contribution in [0.2, 0.25) is 0 Å². The van der Waals surface area contributed by atoms with Gasteiger partial charge in [-0.05, 0) is 42.8 Å². The number of aromatic amines is 1. The molecule has 2 rings (SSSR count). The number of aromatic nitrogens is 2. The molecule has 2 aromatic rings. The number of fused-ring (bicyclic) bond motifs is 1. The van der Waals surface area contributed by atoms with Crippen molar-refractivity contribution >= 4 is 29.2 Å². The van der Waals surface area contributed by atoms with Crippen LogP contribution in [-0.2, 0) is 4.79 Å². The largest absolute Gasteiger partial charge is 0.368 e. The summed E-state index contributed by atoms with van der Waals surface area (Å²) in [5.41, 5.74) is 8.49. The Balaban J connectivity index is 2.76. The van der Waals surface area contributed by atoms with Crippen molar-refractivity contribution in [1.29, 1.82) is 0 Å². The van der Waals surface area contributed by atoms with E-state index in [2.05, 4.69) is 4.98 Å². The highest BCUT2D eigenvalue weighted by Gasteiger charge is 2.24. The molecule has 0 spiro atoms. The predicted octanol–water partition coefficient (Wildman–Crippen LogP) is 2.69. The summed E-state index contributed by atoms with van der Waals surface area (Å²) < 4.78 is 2.36. The highest BCUT2D eigenvalue weighted by Crippen LogP contribution is 2.25. The third kappa shape index (κ3) is 2.06. The van der Waals surface area contributed by atoms with Crippen molar-refractivity contribution in [3.8, 4) is 0 Å². The number of carbonyl (C=O) groups excluding carboxylic acids is 1. The van der Waals surface area contributed by atoms with Gasteiger partial charge in [0.1, 0.15) is 6.04 Å². The molecule has 4 nitrogen and oxygen atoms in total. The lowest BCUT2D eigenvalue weighted by Gasteiger charge is -2.19. The monoisotopic (exact) mass is 263 g/mol. The molecule has 5 heteroatoms. The SMILES string of the molecule is Cc1ccc2[nH]c(=S)n(C(C(N)=O)C(C)C)c2c1. The van der Waals surface area contributed by atoms with Gasteiger partial charge >= 0.3 is 0 Å². The van der Waals surface area contributed by atoms with E-state index in [9.17, 15) is 4.79 Å². The molecule has 18 heavy (non-hydrogen) atoms. The van der Waals surface area contributed by atoms with Gasteiger partial charge in [0.05, 0.1) is 11.0 Å². The Labute approximate surface area is 111 Å². The van der Waals surface area contributed by atoms with Crippen molar-refractivity contribution in [2.75, 3.05) is 0 Å². The number of nitrogens with one attached hydrogen (secondary N) is 1. The maximum atomic E-state index is 11.7. The molecule has 0 fully saturated rings. The first-order valence-electron chi connectivity index (χ1n) is 5.92. The van der Waals surface area contributed by atoms with Crippen LogP contribution in [0.3, 0.4) is 0 Å². The maximum absolute atomic E-state index is 11.7. The Morgan fingerprint density at radius 3 is 2.67 bits per heavy atom. The van der Waals surface area contributed by atoms with Crippen LogP contribution in [0.1, 0.15) is 25.5 Å². The summed E-state index contributed by atoms with van der Waals surface area (Å²) in [6.07, 6.45) is 0. The van der Waals surface area contributed by atoms with E-state index in [-0.39, 0.29) is 11.8 Å². The summed E-state index contributed by atoms with van der Waals surface area (Å²) in [5.74, 6) is -0.266. The fourth-order valence-corrected chi connectivity index (χ4v) is 2.58. The summed E-state index contributed by atoms with van der Waals surface area (Å²) in [6, 6.07) is 5.56. The summed E-state index contributed by atoms with van der Waals surface area (Å²) in [5, 5.41) is 0. The maximum Gasteiger partial charge on any atom is 0.240 e. The molecule has 1 atom stereocenters. The minimum absolute atomic E-state index is 0.0914. The molecule has 0 saturated carbocycles. The molecule has 0 aliphatic heterocycles. The zero-order valence-corrected chi connectivity index (χ0v) is 11.5. The van der Waals surface area contributed by atoms with E-state index in [1.165, 1.54) is 0 Å². The normalized spacial score (nSPS) is 13.1. The molecule has 0 aliphatic carbocycles. The number of primary amides is 1. The summed E-state index contributed by atoms with van der Waals surface area (Å²) in [7, 11) is 0. The molecule has 1 unspecified atom stereocenters. The molecule has 1 aromatic heterocycles. The van der Waals surface area contributed by atoms with Gasteiger partial charge in [0.2, 0.25) is 5.91 Å². The van der Waals surface area contributed by atoms with E-state index >= 15 is 0 Å². The van der Waals surface area contributed by atoms with Crippen LogP contribution in [0.15, 0.2) is 18.2 Å². The minimum Gasteiger partial charge on any atom is -0.368 e. The number of nitrogens with zero attached hydrogens (tertiary/aromatic N) is 1. The van der Waals surface area contributed by atoms with Crippen molar-refractivity contribution in [3.63, 3.8) is 0 Å². The van der Waals surface area contributed by atoms with Gasteiger partial charge in [-0.2, -0.15) is 0 Å². The molecule has 0 bridgehead atoms. The van der Waals surface area contributed by atoms with E-state index < -0.39 is 6.04 Å². The molecule has 96 valence electrons. The highest BCUT2D eigenvalue weighted by molar-refractivity contribution is 7.71. The van der Waals surface area contributed by atoms with E-state index in [0.717, 1.165) is 16.6 Å². The zero-order chi connectivity index (χ0) is 13.4. The number of aryl methyl sites for hydroxylation is 1. The number of hydrogen-bond acceptors (Lipinski definition) is 2. The molecule has 0 radical (unpaired) electrons. The number of imidazole rings is 1. The number of nitrogens with two attached hydrogens (primary N) is 1. The van der Waals surface area contributed by atoms with Crippen molar-refractivity contribution in [3.05, 3.63) is 28.5 Å². The first-order valence-corrected chi connectivity index (χ1v) is 6.33. The summed E-state index contributed by atoms with van der Waals surface area (Å²) in [6.45, 7) is 5.94. The molecule has 1 heterocycles. The van der Waals surface area contributed by atoms with Crippen LogP contribution in [0.4, 0.5) is 0 Å². The number of H-pyrrole nitrogens is 1. The number of amides is 1. The summed E-state index contributed by atoms with van der Waals surface area (Å²) in [4.78, 5) is 14.8. The Kier molecular flexibility index (Phi) is 3.26. The first-order chi connectivity index (χ1) is 8.41. The fraction of sp³-hybridized carbons (Fsp3) is 0.385. The molecular weight excluding hydrogens is 246 g/mol. The summed E-state index contributed by atoms with van der Waals surface area (Å²) >= 11 is 5.31. The van der Waals surface area contributed by atoms with Crippen LogP contribution in [0.5, 0.6) is 0 Å². The average Bonchev–Trinajstić information content (AvgIpc) is 2.55. The van der Waals surface area contributed by atoms with Crippen molar-refractivity contribution < 1.29 is 4.79 Å². The highest BCUT2D eigenvalue weighted by atomic mass is 32.1. The lowest BCUT2D eigenvalue weighted by molar-refractivity contribution is -0.122. The lowest BCUT2D eigenvalue weighted by Crippen LogP contribution is -2.30. The van der Waals surface area contributed by atoms with Gasteiger partial charge in [-0.15, -0.1) is 0 Å². The van der Waals surface area contributed by atoms with E-state index in [1.54, 1.807) is 0 Å². The van der Waals surface area contributed by atoms with Gasteiger partial charge in [-0.25, -0.2) is 0 Å². The van der Waals surface area contributed by atoms with Gasteiger partial charge in [0, 0.05) is 0 Å². The van der Waals surface area contributed by atoms with Gasteiger partial charge in [-0.3, -0.25) is 4.79 Å². The number of rotatable bonds is 3. The minimum atomic E-state index is -0.423. The topological polar surface area (TPSA) is 63.8 Å². The standard InChI is InChI=1S/C13H17N3OS/c1-7(2)11(12(14)17)16-10-6-8(3)4-5-9(10)15-13(16)18/h4-7,11H,1-3H3,(H2,14,17)(H,15,18). The van der Waals surface area contributed by atoms with Gasteiger partial charge in [0.15, 0.2) is 4.77 Å².